The number of anilines is 1. The highest BCUT2D eigenvalue weighted by atomic mass is 32.1. The van der Waals surface area contributed by atoms with Gasteiger partial charge < -0.3 is 15.0 Å². The largest absolute Gasteiger partial charge is 0.396 e. The summed E-state index contributed by atoms with van der Waals surface area (Å²) in [4.78, 5) is 44.1. The minimum Gasteiger partial charge on any atom is -0.396 e. The number of aliphatic hydroxyl groups excluding tert-OH is 1. The van der Waals surface area contributed by atoms with Crippen molar-refractivity contribution in [1.29, 1.82) is 0 Å². The monoisotopic (exact) mass is 691 g/mol. The minimum absolute atomic E-state index is 0.104. The van der Waals surface area contributed by atoms with E-state index in [1.54, 1.807) is 54.0 Å². The number of aromatic nitrogens is 1. The molecule has 4 aromatic carbocycles. The molecule has 6 rings (SSSR count). The molecule has 0 aliphatic carbocycles. The summed E-state index contributed by atoms with van der Waals surface area (Å²) in [5.74, 6) is -2.87. The molecule has 0 saturated carbocycles. The summed E-state index contributed by atoms with van der Waals surface area (Å²) in [6, 6.07) is 29.1. The molecule has 0 fully saturated rings. The molecule has 2 heterocycles. The fourth-order valence-corrected chi connectivity index (χ4v) is 7.12. The van der Waals surface area contributed by atoms with Crippen LogP contribution in [0.15, 0.2) is 114 Å². The van der Waals surface area contributed by atoms with Crippen LogP contribution in [0.25, 0.3) is 20.7 Å². The predicted octanol–water partition coefficient (Wildman–Crippen LogP) is 7.49. The van der Waals surface area contributed by atoms with Crippen molar-refractivity contribution in [3.05, 3.63) is 159 Å². The number of hydrogen-bond acceptors (Lipinski definition) is 6. The molecule has 0 unspecified atom stereocenters. The number of hydrogen-bond donors (Lipinski definition) is 2. The lowest BCUT2D eigenvalue weighted by atomic mass is 10.00. The number of halogens is 2. The third-order valence-corrected chi connectivity index (χ3v) is 9.85. The normalized spacial score (nSPS) is 12.0. The second kappa shape index (κ2) is 15.1. The number of benzene rings is 4. The number of carbonyl (C=O) groups is 2. The van der Waals surface area contributed by atoms with Gasteiger partial charge in [0.05, 0.1) is 30.0 Å². The van der Waals surface area contributed by atoms with Crippen LogP contribution in [-0.2, 0) is 24.4 Å². The maximum atomic E-state index is 15.0. The Balaban J connectivity index is 1.55. The Bertz CT molecular complexity index is 2200. The lowest BCUT2D eigenvalue weighted by Crippen LogP contribution is -2.23. The average molecular weight is 692 g/mol. The lowest BCUT2D eigenvalue weighted by Gasteiger charge is -2.18. The summed E-state index contributed by atoms with van der Waals surface area (Å²) in [7, 11) is 1.94. The number of nitrogens with one attached hydrogen (secondary N) is 1. The highest BCUT2D eigenvalue weighted by Crippen LogP contribution is 2.39. The van der Waals surface area contributed by atoms with Crippen LogP contribution in [0, 0.1) is 17.6 Å². The third-order valence-electron chi connectivity index (χ3n) is 8.54. The van der Waals surface area contributed by atoms with Gasteiger partial charge >= 0.3 is 0 Å². The number of aliphatic hydroxyl groups is 1. The molecule has 7 nitrogen and oxygen atoms in total. The molecular weight excluding hydrogens is 657 g/mol. The molecule has 50 heavy (non-hydrogen) atoms. The molecule has 0 spiro atoms. The van der Waals surface area contributed by atoms with Gasteiger partial charge in [-0.1, -0.05) is 85.8 Å². The Hall–Kier alpha value is -5.29. The maximum Gasteiger partial charge on any atom is 0.229 e. The van der Waals surface area contributed by atoms with Crippen molar-refractivity contribution in [3.63, 3.8) is 0 Å². The topological polar surface area (TPSA) is 91.6 Å². The van der Waals surface area contributed by atoms with Crippen molar-refractivity contribution in [2.45, 2.75) is 26.6 Å². The van der Waals surface area contributed by atoms with Gasteiger partial charge in [0.25, 0.3) is 0 Å². The van der Waals surface area contributed by atoms with Crippen molar-refractivity contribution in [2.75, 3.05) is 19.0 Å². The summed E-state index contributed by atoms with van der Waals surface area (Å²) in [6.45, 7) is 1.98. The molecule has 2 aromatic heterocycles. The van der Waals surface area contributed by atoms with Gasteiger partial charge in [-0.2, -0.15) is 0 Å². The van der Waals surface area contributed by atoms with Crippen molar-refractivity contribution in [1.82, 2.24) is 9.47 Å². The first-order valence-corrected chi connectivity index (χ1v) is 16.9. The van der Waals surface area contributed by atoms with Gasteiger partial charge in [-0.3, -0.25) is 19.3 Å². The molecule has 0 aliphatic rings. The molecule has 0 bridgehead atoms. The molecule has 1 atom stereocenters. The van der Waals surface area contributed by atoms with E-state index in [1.165, 1.54) is 35.7 Å². The van der Waals surface area contributed by atoms with Gasteiger partial charge in [0.1, 0.15) is 16.5 Å². The lowest BCUT2D eigenvalue weighted by molar-refractivity contribution is -0.120. The molecule has 0 radical (unpaired) electrons. The number of carbonyl (C=O) groups excluding carboxylic acids is 2. The Morgan fingerprint density at radius 1 is 0.860 bits per heavy atom. The Morgan fingerprint density at radius 2 is 1.50 bits per heavy atom. The van der Waals surface area contributed by atoms with Crippen LogP contribution in [0.4, 0.5) is 14.5 Å². The SMILES string of the molecule is C[C@H](CO)C(=O)Nc1ccc(-c2sc3c(c2CN(C)Cc2ccccc2)c(=O)c(C(=O)c2ccccc2)cn3Cc2c(F)cccc2F)cc1. The van der Waals surface area contributed by atoms with Gasteiger partial charge in [-0.15, -0.1) is 11.3 Å². The smallest absolute Gasteiger partial charge is 0.229 e. The van der Waals surface area contributed by atoms with E-state index < -0.39 is 28.8 Å². The summed E-state index contributed by atoms with van der Waals surface area (Å²) in [5.41, 5.74) is 2.59. The van der Waals surface area contributed by atoms with E-state index in [-0.39, 0.29) is 30.2 Å². The van der Waals surface area contributed by atoms with Crippen molar-refractivity contribution >= 4 is 38.9 Å². The first-order valence-electron chi connectivity index (χ1n) is 16.1. The summed E-state index contributed by atoms with van der Waals surface area (Å²) in [6.07, 6.45) is 1.41. The first-order chi connectivity index (χ1) is 24.1. The average Bonchev–Trinajstić information content (AvgIpc) is 3.50. The Labute approximate surface area is 292 Å². The Morgan fingerprint density at radius 3 is 2.14 bits per heavy atom. The van der Waals surface area contributed by atoms with E-state index in [9.17, 15) is 19.5 Å². The summed E-state index contributed by atoms with van der Waals surface area (Å²) < 4.78 is 31.7. The number of rotatable bonds is 12. The number of thiophene rings is 1. The second-order valence-corrected chi connectivity index (χ2v) is 13.3. The molecule has 0 saturated heterocycles. The van der Waals surface area contributed by atoms with Gasteiger partial charge in [-0.05, 0) is 48.0 Å². The van der Waals surface area contributed by atoms with E-state index in [1.807, 2.05) is 49.5 Å². The number of pyridine rings is 1. The summed E-state index contributed by atoms with van der Waals surface area (Å²) in [5, 5.41) is 12.5. The second-order valence-electron chi connectivity index (χ2n) is 12.3. The third kappa shape index (κ3) is 7.33. The van der Waals surface area contributed by atoms with Gasteiger partial charge in [-0.25, -0.2) is 8.78 Å². The molecule has 10 heteroatoms. The Kier molecular flexibility index (Phi) is 10.4. The van der Waals surface area contributed by atoms with E-state index in [2.05, 4.69) is 10.2 Å². The minimum atomic E-state index is -0.736. The van der Waals surface area contributed by atoms with Crippen LogP contribution >= 0.6 is 11.3 Å². The van der Waals surface area contributed by atoms with Crippen LogP contribution in [-0.4, -0.2) is 39.9 Å². The fraction of sp³-hybridized carbons (Fsp3) is 0.175. The highest BCUT2D eigenvalue weighted by Gasteiger charge is 2.26. The quantitative estimate of drug-likeness (QED) is 0.130. The summed E-state index contributed by atoms with van der Waals surface area (Å²) >= 11 is 1.30. The highest BCUT2D eigenvalue weighted by molar-refractivity contribution is 7.22. The maximum absolute atomic E-state index is 15.0. The zero-order chi connectivity index (χ0) is 35.4. The van der Waals surface area contributed by atoms with E-state index in [0.29, 0.717) is 40.1 Å². The molecular formula is C40H35F2N3O4S. The number of ketones is 1. The zero-order valence-electron chi connectivity index (χ0n) is 27.5. The standard InChI is InChI=1S/C40H35F2N3O4S/c1-25(24-46)39(49)43-29-18-16-28(17-19-29)38-31(21-44(2)20-26-10-5-3-6-11-26)35-37(48)32(36(47)27-12-7-4-8-13-27)23-45(40(35)50-38)22-30-33(41)14-9-15-34(30)42/h3-19,23,25,46H,20-22,24H2,1-2H3,(H,43,49)/t25-/m1/s1. The van der Waals surface area contributed by atoms with Crippen LogP contribution in [0.3, 0.4) is 0 Å². The molecule has 0 aliphatic heterocycles. The molecule has 254 valence electrons. The van der Waals surface area contributed by atoms with Crippen molar-refractivity contribution in [2.24, 2.45) is 5.92 Å². The molecule has 2 N–H and O–H groups in total. The number of amides is 1. The van der Waals surface area contributed by atoms with Gasteiger partial charge in [0, 0.05) is 41.0 Å². The zero-order valence-corrected chi connectivity index (χ0v) is 28.3. The first kappa shape index (κ1) is 34.6. The number of nitrogens with zero attached hydrogens (tertiary/aromatic N) is 2. The fourth-order valence-electron chi connectivity index (χ4n) is 5.83. The van der Waals surface area contributed by atoms with Crippen LogP contribution in [0.5, 0.6) is 0 Å². The van der Waals surface area contributed by atoms with Crippen molar-refractivity contribution < 1.29 is 23.5 Å². The number of fused-ring (bicyclic) bond motifs is 1. The van der Waals surface area contributed by atoms with Gasteiger partial charge in [0.2, 0.25) is 11.3 Å². The van der Waals surface area contributed by atoms with Crippen molar-refractivity contribution in [3.8, 4) is 10.4 Å². The molecule has 6 aromatic rings. The van der Waals surface area contributed by atoms with E-state index in [0.717, 1.165) is 16.0 Å². The van der Waals surface area contributed by atoms with Crippen LogP contribution in [0.1, 0.15) is 39.5 Å². The van der Waals surface area contributed by atoms with Crippen LogP contribution < -0.4 is 10.7 Å². The molecule has 1 amide bonds. The van der Waals surface area contributed by atoms with E-state index >= 15 is 8.78 Å². The van der Waals surface area contributed by atoms with Crippen LogP contribution in [0.2, 0.25) is 0 Å². The van der Waals surface area contributed by atoms with Gasteiger partial charge in [0.15, 0.2) is 5.78 Å². The predicted molar refractivity (Wildman–Crippen MR) is 193 cm³/mol. The van der Waals surface area contributed by atoms with E-state index in [4.69, 9.17) is 0 Å².